The molecule has 0 atom stereocenters. The van der Waals surface area contributed by atoms with Crippen molar-refractivity contribution in [1.29, 1.82) is 0 Å². The maximum atomic E-state index is 6.26. The zero-order valence-corrected chi connectivity index (χ0v) is 11.8. The number of fused-ring (bicyclic) bond motifs is 3. The van der Waals surface area contributed by atoms with E-state index in [2.05, 4.69) is 16.5 Å². The number of hydrogen-bond acceptors (Lipinski definition) is 3. The Hall–Kier alpha value is -2.13. The van der Waals surface area contributed by atoms with Crippen molar-refractivity contribution in [2.75, 3.05) is 6.61 Å². The van der Waals surface area contributed by atoms with Crippen molar-refractivity contribution >= 4 is 39.0 Å². The van der Waals surface area contributed by atoms with Crippen LogP contribution in [0.5, 0.6) is 0 Å². The molecule has 0 unspecified atom stereocenters. The summed E-state index contributed by atoms with van der Waals surface area (Å²) >= 11 is 6.26. The van der Waals surface area contributed by atoms with Gasteiger partial charge < -0.3 is 4.74 Å². The third-order valence-electron chi connectivity index (χ3n) is 3.15. The van der Waals surface area contributed by atoms with Crippen LogP contribution in [0.3, 0.4) is 0 Å². The first-order chi connectivity index (χ1) is 9.72. The fourth-order valence-electron chi connectivity index (χ4n) is 2.31. The number of rotatable bonds is 3. The summed E-state index contributed by atoms with van der Waals surface area (Å²) in [6.45, 7) is 6.39. The number of ether oxygens (including phenoxy) is 1. The van der Waals surface area contributed by atoms with Gasteiger partial charge in [-0.05, 0) is 24.4 Å². The Morgan fingerprint density at radius 2 is 2.05 bits per heavy atom. The van der Waals surface area contributed by atoms with Crippen LogP contribution >= 0.6 is 11.6 Å². The summed E-state index contributed by atoms with van der Waals surface area (Å²) in [5.74, 6) is 0.512. The number of hydrogen-bond donors (Lipinski definition) is 0. The van der Waals surface area contributed by atoms with Gasteiger partial charge >= 0.3 is 0 Å². The molecule has 1 aromatic carbocycles. The van der Waals surface area contributed by atoms with Gasteiger partial charge in [0.05, 0.1) is 12.1 Å². The molecule has 0 N–H and O–H groups in total. The summed E-state index contributed by atoms with van der Waals surface area (Å²) in [7, 11) is 0. The summed E-state index contributed by atoms with van der Waals surface area (Å²) in [5, 5.41) is 3.24. The van der Waals surface area contributed by atoms with Crippen LogP contribution in [0.4, 0.5) is 0 Å². The molecule has 0 radical (unpaired) electrons. The molecule has 0 aliphatic carbocycles. The molecule has 0 saturated heterocycles. The molecule has 0 saturated carbocycles. The average molecular weight is 285 g/mol. The van der Waals surface area contributed by atoms with Crippen molar-refractivity contribution in [3.63, 3.8) is 0 Å². The maximum Gasteiger partial charge on any atom is 0.139 e. The highest BCUT2D eigenvalue weighted by Gasteiger charge is 2.14. The summed E-state index contributed by atoms with van der Waals surface area (Å²) < 4.78 is 5.50. The molecule has 3 rings (SSSR count). The molecular weight excluding hydrogens is 272 g/mol. The monoisotopic (exact) mass is 284 g/mol. The van der Waals surface area contributed by atoms with Gasteiger partial charge in [-0.25, -0.2) is 9.97 Å². The van der Waals surface area contributed by atoms with Gasteiger partial charge in [0.15, 0.2) is 0 Å². The molecule has 0 bridgehead atoms. The van der Waals surface area contributed by atoms with Gasteiger partial charge in [0.1, 0.15) is 16.6 Å². The lowest BCUT2D eigenvalue weighted by atomic mass is 10.1. The van der Waals surface area contributed by atoms with Gasteiger partial charge in [0, 0.05) is 17.0 Å². The fraction of sp³-hybridized carbons (Fsp3) is 0.125. The summed E-state index contributed by atoms with van der Waals surface area (Å²) in [6.07, 6.45) is 1.70. The van der Waals surface area contributed by atoms with Crippen LogP contribution in [0.25, 0.3) is 27.4 Å². The number of benzene rings is 1. The van der Waals surface area contributed by atoms with Gasteiger partial charge in [0.25, 0.3) is 0 Å². The van der Waals surface area contributed by atoms with Crippen molar-refractivity contribution in [2.45, 2.75) is 6.92 Å². The quantitative estimate of drug-likeness (QED) is 0.405. The standard InChI is InChI=1S/C16H13ClN2O/c1-3-20-10(2)15-14-12(8-9-18-16(14)17)11-6-4-5-7-13(11)19-15/h4-9H,2-3H2,1H3. The van der Waals surface area contributed by atoms with Crippen LogP contribution in [-0.4, -0.2) is 16.6 Å². The minimum atomic E-state index is 0.414. The van der Waals surface area contributed by atoms with E-state index >= 15 is 0 Å². The van der Waals surface area contributed by atoms with Gasteiger partial charge in [-0.1, -0.05) is 36.4 Å². The molecule has 3 aromatic rings. The Balaban J connectivity index is 2.45. The van der Waals surface area contributed by atoms with E-state index in [9.17, 15) is 0 Å². The first-order valence-corrected chi connectivity index (χ1v) is 6.75. The Morgan fingerprint density at radius 3 is 2.85 bits per heavy atom. The van der Waals surface area contributed by atoms with Crippen LogP contribution in [0, 0.1) is 0 Å². The first kappa shape index (κ1) is 12.9. The lowest BCUT2D eigenvalue weighted by Gasteiger charge is -2.12. The third-order valence-corrected chi connectivity index (χ3v) is 3.44. The predicted molar refractivity (Wildman–Crippen MR) is 82.7 cm³/mol. The van der Waals surface area contributed by atoms with Gasteiger partial charge in [-0.15, -0.1) is 0 Å². The zero-order chi connectivity index (χ0) is 14.1. The molecule has 100 valence electrons. The Kier molecular flexibility index (Phi) is 3.28. The minimum Gasteiger partial charge on any atom is -0.492 e. The second-order valence-corrected chi connectivity index (χ2v) is 4.72. The summed E-state index contributed by atoms with van der Waals surface area (Å²) in [6, 6.07) is 9.86. The van der Waals surface area contributed by atoms with Crippen molar-refractivity contribution in [1.82, 2.24) is 9.97 Å². The topological polar surface area (TPSA) is 35.0 Å². The zero-order valence-electron chi connectivity index (χ0n) is 11.1. The highest BCUT2D eigenvalue weighted by atomic mass is 35.5. The first-order valence-electron chi connectivity index (χ1n) is 6.37. The van der Waals surface area contributed by atoms with Crippen LogP contribution in [0.1, 0.15) is 12.6 Å². The average Bonchev–Trinajstić information content (AvgIpc) is 2.47. The predicted octanol–water partition coefficient (Wildman–Crippen LogP) is 4.44. The molecular formula is C16H13ClN2O. The second kappa shape index (κ2) is 5.10. The van der Waals surface area contributed by atoms with E-state index in [-0.39, 0.29) is 0 Å². The van der Waals surface area contributed by atoms with Crippen LogP contribution < -0.4 is 0 Å². The number of halogens is 1. The Bertz CT molecular complexity index is 814. The molecule has 0 fully saturated rings. The Morgan fingerprint density at radius 1 is 1.25 bits per heavy atom. The molecule has 0 amide bonds. The lowest BCUT2D eigenvalue weighted by Crippen LogP contribution is -1.97. The van der Waals surface area contributed by atoms with E-state index in [4.69, 9.17) is 16.3 Å². The van der Waals surface area contributed by atoms with Gasteiger partial charge in [0.2, 0.25) is 0 Å². The highest BCUT2D eigenvalue weighted by Crippen LogP contribution is 2.33. The normalized spacial score (nSPS) is 10.9. The van der Waals surface area contributed by atoms with E-state index in [1.54, 1.807) is 6.20 Å². The molecule has 2 heterocycles. The molecule has 2 aromatic heterocycles. The van der Waals surface area contributed by atoms with E-state index < -0.39 is 0 Å². The van der Waals surface area contributed by atoms with Gasteiger partial charge in [-0.3, -0.25) is 0 Å². The van der Waals surface area contributed by atoms with Crippen LogP contribution in [0.15, 0.2) is 43.1 Å². The summed E-state index contributed by atoms with van der Waals surface area (Å²) in [4.78, 5) is 8.78. The van der Waals surface area contributed by atoms with Gasteiger partial charge in [-0.2, -0.15) is 0 Å². The van der Waals surface area contributed by atoms with Crippen LogP contribution in [-0.2, 0) is 4.74 Å². The maximum absolute atomic E-state index is 6.26. The summed E-state index contributed by atoms with van der Waals surface area (Å²) in [5.41, 5.74) is 1.54. The SMILES string of the molecule is C=C(OCC)c1nc2ccccc2c2ccnc(Cl)c12. The largest absolute Gasteiger partial charge is 0.492 e. The second-order valence-electron chi connectivity index (χ2n) is 4.36. The number of nitrogens with zero attached hydrogens (tertiary/aromatic N) is 2. The van der Waals surface area contributed by atoms with Crippen molar-refractivity contribution in [3.05, 3.63) is 54.0 Å². The van der Waals surface area contributed by atoms with E-state index in [0.717, 1.165) is 21.7 Å². The van der Waals surface area contributed by atoms with E-state index in [0.29, 0.717) is 23.2 Å². The van der Waals surface area contributed by atoms with Crippen molar-refractivity contribution < 1.29 is 4.74 Å². The van der Waals surface area contributed by atoms with Crippen molar-refractivity contribution in [2.24, 2.45) is 0 Å². The molecule has 20 heavy (non-hydrogen) atoms. The smallest absolute Gasteiger partial charge is 0.139 e. The number of para-hydroxylation sites is 1. The third kappa shape index (κ3) is 2.00. The molecule has 3 nitrogen and oxygen atoms in total. The van der Waals surface area contributed by atoms with E-state index in [1.165, 1.54) is 0 Å². The molecule has 0 spiro atoms. The number of aromatic nitrogens is 2. The van der Waals surface area contributed by atoms with E-state index in [1.807, 2.05) is 37.3 Å². The van der Waals surface area contributed by atoms with Crippen LogP contribution in [0.2, 0.25) is 5.15 Å². The lowest BCUT2D eigenvalue weighted by molar-refractivity contribution is 0.298. The van der Waals surface area contributed by atoms with Crippen molar-refractivity contribution in [3.8, 4) is 0 Å². The molecule has 0 aliphatic heterocycles. The fourth-order valence-corrected chi connectivity index (χ4v) is 2.55. The molecule has 4 heteroatoms. The molecule has 0 aliphatic rings. The minimum absolute atomic E-state index is 0.414. The highest BCUT2D eigenvalue weighted by molar-refractivity contribution is 6.35. The number of pyridine rings is 2. The Labute approximate surface area is 121 Å².